The van der Waals surface area contributed by atoms with Gasteiger partial charge in [0, 0.05) is 25.9 Å². The molecule has 0 unspecified atom stereocenters. The summed E-state index contributed by atoms with van der Waals surface area (Å²) in [5.74, 6) is -0.609. The van der Waals surface area contributed by atoms with Gasteiger partial charge in [-0.05, 0) is 24.6 Å². The van der Waals surface area contributed by atoms with Crippen molar-refractivity contribution in [3.8, 4) is 0 Å². The number of nitrogens with zero attached hydrogens (tertiary/aromatic N) is 1. The number of carbonyl (C=O) groups is 2. The molecule has 0 radical (unpaired) electrons. The molecule has 1 aromatic carbocycles. The molecule has 0 bridgehead atoms. The zero-order chi connectivity index (χ0) is 13.3. The highest BCUT2D eigenvalue weighted by molar-refractivity contribution is 6.33. The van der Waals surface area contributed by atoms with E-state index < -0.39 is 5.82 Å². The molecule has 18 heavy (non-hydrogen) atoms. The van der Waals surface area contributed by atoms with E-state index in [0.717, 1.165) is 6.07 Å². The van der Waals surface area contributed by atoms with Crippen LogP contribution in [0.25, 0.3) is 0 Å². The van der Waals surface area contributed by atoms with Crippen molar-refractivity contribution < 1.29 is 14.0 Å². The smallest absolute Gasteiger partial charge is 0.255 e. The van der Waals surface area contributed by atoms with Crippen LogP contribution in [0.2, 0.25) is 5.02 Å². The number of ketones is 1. The molecule has 1 aliphatic rings. The minimum Gasteiger partial charge on any atom is -0.338 e. The first-order valence-electron chi connectivity index (χ1n) is 5.75. The summed E-state index contributed by atoms with van der Waals surface area (Å²) in [6.45, 7) is 2.35. The molecule has 3 nitrogen and oxygen atoms in total. The van der Waals surface area contributed by atoms with Crippen LogP contribution in [0.3, 0.4) is 0 Å². The average Bonchev–Trinajstić information content (AvgIpc) is 2.34. The minimum atomic E-state index is -0.448. The van der Waals surface area contributed by atoms with Crippen LogP contribution in [-0.4, -0.2) is 29.7 Å². The number of likely N-dealkylation sites (tertiary alicyclic amines) is 1. The van der Waals surface area contributed by atoms with Crippen LogP contribution in [0, 0.1) is 12.7 Å². The minimum absolute atomic E-state index is 0.153. The SMILES string of the molecule is Cc1cc(Cl)c(C(=O)N2CCC(=O)CC2)cc1F. The molecule has 2 rings (SSSR count). The summed E-state index contributed by atoms with van der Waals surface area (Å²) in [4.78, 5) is 24.8. The molecule has 0 aliphatic carbocycles. The summed E-state index contributed by atoms with van der Waals surface area (Å²) < 4.78 is 13.5. The van der Waals surface area contributed by atoms with Crippen LogP contribution in [0.15, 0.2) is 12.1 Å². The lowest BCUT2D eigenvalue weighted by molar-refractivity contribution is -0.120. The third-order valence-corrected chi connectivity index (χ3v) is 3.40. The van der Waals surface area contributed by atoms with E-state index in [1.807, 2.05) is 0 Å². The Bertz CT molecular complexity index is 506. The molecule has 0 saturated carbocycles. The monoisotopic (exact) mass is 269 g/mol. The van der Waals surface area contributed by atoms with Crippen molar-refractivity contribution in [2.45, 2.75) is 19.8 Å². The molecule has 5 heteroatoms. The number of halogens is 2. The number of rotatable bonds is 1. The second-order valence-corrected chi connectivity index (χ2v) is 4.82. The van der Waals surface area contributed by atoms with Gasteiger partial charge in [-0.3, -0.25) is 9.59 Å². The normalized spacial score (nSPS) is 15.9. The predicted molar refractivity (Wildman–Crippen MR) is 66.3 cm³/mol. The van der Waals surface area contributed by atoms with Crippen LogP contribution < -0.4 is 0 Å². The van der Waals surface area contributed by atoms with E-state index in [2.05, 4.69) is 0 Å². The maximum absolute atomic E-state index is 13.5. The molecule has 1 saturated heterocycles. The van der Waals surface area contributed by atoms with E-state index in [9.17, 15) is 14.0 Å². The fourth-order valence-electron chi connectivity index (χ4n) is 1.94. The lowest BCUT2D eigenvalue weighted by atomic mass is 10.1. The van der Waals surface area contributed by atoms with Crippen LogP contribution >= 0.6 is 11.6 Å². The Morgan fingerprint density at radius 2 is 1.94 bits per heavy atom. The first kappa shape index (κ1) is 13.0. The molecule has 1 aliphatic heterocycles. The quantitative estimate of drug-likeness (QED) is 0.786. The van der Waals surface area contributed by atoms with Gasteiger partial charge in [0.1, 0.15) is 11.6 Å². The number of hydrogen-bond acceptors (Lipinski definition) is 2. The summed E-state index contributed by atoms with van der Waals surface area (Å²) in [5, 5.41) is 0.246. The van der Waals surface area contributed by atoms with Gasteiger partial charge in [-0.15, -0.1) is 0 Å². The fraction of sp³-hybridized carbons (Fsp3) is 0.385. The predicted octanol–water partition coefficient (Wildman–Crippen LogP) is 2.59. The number of Topliss-reactive ketones (excluding diaryl/α,β-unsaturated/α-hetero) is 1. The highest BCUT2D eigenvalue weighted by Crippen LogP contribution is 2.23. The molecule has 0 aromatic heterocycles. The summed E-state index contributed by atoms with van der Waals surface area (Å²) in [7, 11) is 0. The average molecular weight is 270 g/mol. The lowest BCUT2D eigenvalue weighted by Crippen LogP contribution is -2.38. The summed E-state index contributed by atoms with van der Waals surface area (Å²) in [6, 6.07) is 2.61. The Labute approximate surface area is 110 Å². The largest absolute Gasteiger partial charge is 0.338 e. The van der Waals surface area contributed by atoms with Gasteiger partial charge in [0.15, 0.2) is 0 Å². The number of hydrogen-bond donors (Lipinski definition) is 0. The molecule has 0 N–H and O–H groups in total. The maximum Gasteiger partial charge on any atom is 0.255 e. The van der Waals surface area contributed by atoms with E-state index >= 15 is 0 Å². The van der Waals surface area contributed by atoms with Gasteiger partial charge in [-0.1, -0.05) is 11.6 Å². The topological polar surface area (TPSA) is 37.4 Å². The van der Waals surface area contributed by atoms with E-state index in [-0.39, 0.29) is 22.3 Å². The van der Waals surface area contributed by atoms with Gasteiger partial charge in [0.2, 0.25) is 0 Å². The van der Waals surface area contributed by atoms with Gasteiger partial charge in [-0.2, -0.15) is 0 Å². The molecule has 1 heterocycles. The summed E-state index contributed by atoms with van der Waals surface area (Å²) >= 11 is 5.96. The molecule has 0 atom stereocenters. The molecule has 1 fully saturated rings. The van der Waals surface area contributed by atoms with E-state index in [1.54, 1.807) is 6.92 Å². The van der Waals surface area contributed by atoms with E-state index in [1.165, 1.54) is 11.0 Å². The van der Waals surface area contributed by atoms with Crippen LogP contribution in [0.1, 0.15) is 28.8 Å². The molecule has 1 amide bonds. The van der Waals surface area contributed by atoms with Crippen molar-refractivity contribution in [3.05, 3.63) is 34.1 Å². The van der Waals surface area contributed by atoms with Crippen LogP contribution in [0.4, 0.5) is 4.39 Å². The second kappa shape index (κ2) is 5.06. The molecule has 96 valence electrons. The van der Waals surface area contributed by atoms with Crippen molar-refractivity contribution in [2.75, 3.05) is 13.1 Å². The van der Waals surface area contributed by atoms with Gasteiger partial charge in [-0.25, -0.2) is 4.39 Å². The number of benzene rings is 1. The molecule has 0 spiro atoms. The number of aryl methyl sites for hydroxylation is 1. The van der Waals surface area contributed by atoms with Crippen molar-refractivity contribution in [1.82, 2.24) is 4.90 Å². The lowest BCUT2D eigenvalue weighted by Gasteiger charge is -2.26. The van der Waals surface area contributed by atoms with Crippen molar-refractivity contribution in [3.63, 3.8) is 0 Å². The first-order valence-corrected chi connectivity index (χ1v) is 6.13. The zero-order valence-corrected chi connectivity index (χ0v) is 10.8. The van der Waals surface area contributed by atoms with Gasteiger partial charge < -0.3 is 4.90 Å². The van der Waals surface area contributed by atoms with Crippen molar-refractivity contribution >= 4 is 23.3 Å². The highest BCUT2D eigenvalue weighted by Gasteiger charge is 2.24. The van der Waals surface area contributed by atoms with E-state index in [0.29, 0.717) is 31.5 Å². The zero-order valence-electron chi connectivity index (χ0n) is 10.0. The Morgan fingerprint density at radius 3 is 2.56 bits per heavy atom. The van der Waals surface area contributed by atoms with E-state index in [4.69, 9.17) is 11.6 Å². The summed E-state index contributed by atoms with van der Waals surface area (Å²) in [6.07, 6.45) is 0.718. The number of amides is 1. The Morgan fingerprint density at radius 1 is 1.33 bits per heavy atom. The maximum atomic E-state index is 13.5. The van der Waals surface area contributed by atoms with Gasteiger partial charge >= 0.3 is 0 Å². The Balaban J connectivity index is 2.23. The number of piperidine rings is 1. The summed E-state index contributed by atoms with van der Waals surface area (Å²) in [5.41, 5.74) is 0.569. The van der Waals surface area contributed by atoms with Crippen LogP contribution in [0.5, 0.6) is 0 Å². The van der Waals surface area contributed by atoms with Gasteiger partial charge in [0.05, 0.1) is 10.6 Å². The third-order valence-electron chi connectivity index (χ3n) is 3.09. The Kier molecular flexibility index (Phi) is 3.66. The van der Waals surface area contributed by atoms with Crippen molar-refractivity contribution in [1.29, 1.82) is 0 Å². The van der Waals surface area contributed by atoms with Crippen LogP contribution in [-0.2, 0) is 4.79 Å². The third kappa shape index (κ3) is 2.53. The number of carbonyl (C=O) groups excluding carboxylic acids is 2. The Hall–Kier alpha value is -1.42. The highest BCUT2D eigenvalue weighted by atomic mass is 35.5. The second-order valence-electron chi connectivity index (χ2n) is 4.41. The molecular formula is C13H13ClFNO2. The fourth-order valence-corrected chi connectivity index (χ4v) is 2.24. The molecular weight excluding hydrogens is 257 g/mol. The standard InChI is InChI=1S/C13H13ClFNO2/c1-8-6-11(14)10(7-12(8)15)13(18)16-4-2-9(17)3-5-16/h6-7H,2-5H2,1H3. The first-order chi connectivity index (χ1) is 8.49. The molecule has 1 aromatic rings. The van der Waals surface area contributed by atoms with Gasteiger partial charge in [0.25, 0.3) is 5.91 Å². The van der Waals surface area contributed by atoms with Crippen molar-refractivity contribution in [2.24, 2.45) is 0 Å².